The minimum atomic E-state index is 0.103. The van der Waals surface area contributed by atoms with Crippen molar-refractivity contribution in [2.75, 3.05) is 5.75 Å². The predicted octanol–water partition coefficient (Wildman–Crippen LogP) is 7.34. The van der Waals surface area contributed by atoms with Crippen molar-refractivity contribution in [3.05, 3.63) is 100 Å². The Hall–Kier alpha value is -2.43. The summed E-state index contributed by atoms with van der Waals surface area (Å²) in [6, 6.07) is 25.2. The van der Waals surface area contributed by atoms with E-state index in [0.717, 1.165) is 60.5 Å². The first-order valence-corrected chi connectivity index (χ1v) is 14.1. The highest BCUT2D eigenvalue weighted by molar-refractivity contribution is 7.98. The summed E-state index contributed by atoms with van der Waals surface area (Å²) in [4.78, 5) is 15.5. The van der Waals surface area contributed by atoms with Gasteiger partial charge in [-0.3, -0.25) is 4.79 Å². The number of thioether (sulfide) groups is 1. The number of aryl methyl sites for hydroxylation is 2. The van der Waals surface area contributed by atoms with Gasteiger partial charge in [0, 0.05) is 36.2 Å². The molecular formula is C30H32ClNO2S. The molecule has 0 spiro atoms. The summed E-state index contributed by atoms with van der Waals surface area (Å²) in [5.74, 6) is 2.98. The molecule has 2 saturated heterocycles. The molecule has 0 radical (unpaired) electrons. The number of piperidine rings is 1. The number of hydrogen-bond acceptors (Lipinski definition) is 3. The Labute approximate surface area is 217 Å². The number of hydrogen-bond donors (Lipinski definition) is 0. The van der Waals surface area contributed by atoms with E-state index in [1.54, 1.807) is 0 Å². The third-order valence-corrected chi connectivity index (χ3v) is 8.49. The molecule has 35 heavy (non-hydrogen) atoms. The quantitative estimate of drug-likeness (QED) is 0.300. The number of ether oxygens (including phenoxy) is 1. The lowest BCUT2D eigenvalue weighted by atomic mass is 9.98. The summed E-state index contributed by atoms with van der Waals surface area (Å²) in [5.41, 5.74) is 4.58. The van der Waals surface area contributed by atoms with Crippen LogP contribution in [0.15, 0.2) is 72.8 Å². The molecule has 3 aromatic rings. The highest BCUT2D eigenvalue weighted by Crippen LogP contribution is 2.39. The maximum absolute atomic E-state index is 13.4. The summed E-state index contributed by atoms with van der Waals surface area (Å²) >= 11 is 8.29. The molecule has 2 aliphatic rings. The van der Waals surface area contributed by atoms with Crippen molar-refractivity contribution >= 4 is 29.3 Å². The molecule has 1 amide bonds. The SMILES string of the molecule is Cc1ccc(Cl)c(OC2CC3CCC(C2)N3C(=O)c2ccc(CSCCc3ccccc3)cc2)c1. The Bertz CT molecular complexity index is 1140. The molecule has 2 unspecified atom stereocenters. The molecular weight excluding hydrogens is 474 g/mol. The van der Waals surface area contributed by atoms with Crippen molar-refractivity contribution in [3.8, 4) is 5.75 Å². The Morgan fingerprint density at radius 3 is 2.40 bits per heavy atom. The van der Waals surface area contributed by atoms with Crippen molar-refractivity contribution < 1.29 is 9.53 Å². The van der Waals surface area contributed by atoms with Crippen LogP contribution in [0.2, 0.25) is 5.02 Å². The molecule has 2 fully saturated rings. The number of halogens is 1. The molecule has 5 heteroatoms. The van der Waals surface area contributed by atoms with Crippen LogP contribution >= 0.6 is 23.4 Å². The van der Waals surface area contributed by atoms with Gasteiger partial charge in [-0.1, -0.05) is 60.1 Å². The number of nitrogens with zero attached hydrogens (tertiary/aromatic N) is 1. The Balaban J connectivity index is 1.14. The lowest BCUT2D eigenvalue weighted by molar-refractivity contribution is 0.0359. The second kappa shape index (κ2) is 11.1. The number of rotatable bonds is 8. The van der Waals surface area contributed by atoms with Crippen LogP contribution < -0.4 is 4.74 Å². The highest BCUT2D eigenvalue weighted by Gasteiger charge is 2.44. The van der Waals surface area contributed by atoms with Crippen LogP contribution in [-0.2, 0) is 12.2 Å². The highest BCUT2D eigenvalue weighted by atomic mass is 35.5. The second-order valence-electron chi connectivity index (χ2n) is 9.73. The number of fused-ring (bicyclic) bond motifs is 2. The lowest BCUT2D eigenvalue weighted by Crippen LogP contribution is -2.49. The zero-order chi connectivity index (χ0) is 24.2. The van der Waals surface area contributed by atoms with E-state index >= 15 is 0 Å². The molecule has 3 aromatic carbocycles. The van der Waals surface area contributed by atoms with Crippen LogP contribution in [-0.4, -0.2) is 34.7 Å². The third-order valence-electron chi connectivity index (χ3n) is 7.15. The topological polar surface area (TPSA) is 29.5 Å². The first-order valence-electron chi connectivity index (χ1n) is 12.5. The van der Waals surface area contributed by atoms with E-state index in [1.807, 2.05) is 49.0 Å². The maximum Gasteiger partial charge on any atom is 0.254 e. The molecule has 3 nitrogen and oxygen atoms in total. The van der Waals surface area contributed by atoms with E-state index in [4.69, 9.17) is 16.3 Å². The molecule has 182 valence electrons. The zero-order valence-corrected chi connectivity index (χ0v) is 21.7. The van der Waals surface area contributed by atoms with E-state index in [0.29, 0.717) is 5.02 Å². The van der Waals surface area contributed by atoms with Crippen molar-refractivity contribution in [3.63, 3.8) is 0 Å². The summed E-state index contributed by atoms with van der Waals surface area (Å²) in [5, 5.41) is 0.653. The fourth-order valence-corrected chi connectivity index (χ4v) is 6.47. The van der Waals surface area contributed by atoms with Crippen LogP contribution in [0.1, 0.15) is 52.7 Å². The molecule has 0 saturated carbocycles. The van der Waals surface area contributed by atoms with Crippen molar-refractivity contribution in [1.29, 1.82) is 0 Å². The van der Waals surface area contributed by atoms with Crippen LogP contribution in [0.5, 0.6) is 5.75 Å². The monoisotopic (exact) mass is 505 g/mol. The molecule has 2 atom stereocenters. The van der Waals surface area contributed by atoms with Gasteiger partial charge in [-0.25, -0.2) is 0 Å². The van der Waals surface area contributed by atoms with Gasteiger partial charge < -0.3 is 9.64 Å². The van der Waals surface area contributed by atoms with Gasteiger partial charge in [0.2, 0.25) is 0 Å². The van der Waals surface area contributed by atoms with Gasteiger partial charge in [0.1, 0.15) is 11.9 Å². The lowest BCUT2D eigenvalue weighted by Gasteiger charge is -2.39. The molecule has 2 bridgehead atoms. The number of carbonyl (C=O) groups is 1. The van der Waals surface area contributed by atoms with Crippen LogP contribution in [0.3, 0.4) is 0 Å². The zero-order valence-electron chi connectivity index (χ0n) is 20.2. The van der Waals surface area contributed by atoms with E-state index in [2.05, 4.69) is 47.4 Å². The van der Waals surface area contributed by atoms with Gasteiger partial charge in [-0.15, -0.1) is 0 Å². The Kier molecular flexibility index (Phi) is 7.69. The average molecular weight is 506 g/mol. The smallest absolute Gasteiger partial charge is 0.254 e. The van der Waals surface area contributed by atoms with Crippen LogP contribution in [0, 0.1) is 6.92 Å². The molecule has 2 aliphatic heterocycles. The number of carbonyl (C=O) groups excluding carboxylic acids is 1. The minimum absolute atomic E-state index is 0.103. The van der Waals surface area contributed by atoms with Gasteiger partial charge >= 0.3 is 0 Å². The summed E-state index contributed by atoms with van der Waals surface area (Å²) in [6.45, 7) is 2.04. The first-order chi connectivity index (χ1) is 17.1. The average Bonchev–Trinajstić information content (AvgIpc) is 3.14. The fourth-order valence-electron chi connectivity index (χ4n) is 5.35. The van der Waals surface area contributed by atoms with Gasteiger partial charge in [0.25, 0.3) is 5.91 Å². The summed E-state index contributed by atoms with van der Waals surface area (Å²) in [6.07, 6.45) is 5.01. The van der Waals surface area contributed by atoms with E-state index < -0.39 is 0 Å². The van der Waals surface area contributed by atoms with Crippen molar-refractivity contribution in [1.82, 2.24) is 4.90 Å². The summed E-state index contributed by atoms with van der Waals surface area (Å²) in [7, 11) is 0. The molecule has 0 aromatic heterocycles. The first kappa shape index (κ1) is 24.3. The standard InChI is InChI=1S/C30H32ClNO2S/c1-21-7-14-28(31)29(17-21)34-27-18-25-12-13-26(19-27)32(25)30(33)24-10-8-23(9-11-24)20-35-16-15-22-5-3-2-4-6-22/h2-11,14,17,25-27H,12-13,15-16,18-20H2,1H3. The Morgan fingerprint density at radius 2 is 1.69 bits per heavy atom. The maximum atomic E-state index is 13.4. The van der Waals surface area contributed by atoms with E-state index in [9.17, 15) is 4.79 Å². The third kappa shape index (κ3) is 5.87. The van der Waals surface area contributed by atoms with E-state index in [1.165, 1.54) is 11.1 Å². The largest absolute Gasteiger partial charge is 0.489 e. The summed E-state index contributed by atoms with van der Waals surface area (Å²) < 4.78 is 6.30. The number of amides is 1. The molecule has 2 heterocycles. The Morgan fingerprint density at radius 1 is 0.971 bits per heavy atom. The van der Waals surface area contributed by atoms with E-state index in [-0.39, 0.29) is 24.1 Å². The van der Waals surface area contributed by atoms with Gasteiger partial charge in [0.15, 0.2) is 0 Å². The van der Waals surface area contributed by atoms with Crippen molar-refractivity contribution in [2.24, 2.45) is 0 Å². The number of benzene rings is 3. The van der Waals surface area contributed by atoms with Gasteiger partial charge in [-0.05, 0) is 72.9 Å². The van der Waals surface area contributed by atoms with Crippen molar-refractivity contribution in [2.45, 2.75) is 63.0 Å². The predicted molar refractivity (Wildman–Crippen MR) is 146 cm³/mol. The van der Waals surface area contributed by atoms with Crippen LogP contribution in [0.25, 0.3) is 0 Å². The second-order valence-corrected chi connectivity index (χ2v) is 11.2. The normalized spacial score (nSPS) is 21.2. The van der Waals surface area contributed by atoms with Gasteiger partial charge in [-0.2, -0.15) is 11.8 Å². The molecule has 0 aliphatic carbocycles. The van der Waals surface area contributed by atoms with Gasteiger partial charge in [0.05, 0.1) is 5.02 Å². The molecule has 5 rings (SSSR count). The van der Waals surface area contributed by atoms with Crippen LogP contribution in [0.4, 0.5) is 0 Å². The fraction of sp³-hybridized carbons (Fsp3) is 0.367. The minimum Gasteiger partial charge on any atom is -0.489 e. The molecule has 0 N–H and O–H groups in total.